The van der Waals surface area contributed by atoms with E-state index < -0.39 is 10.0 Å². The number of anilines is 1. The highest BCUT2D eigenvalue weighted by Crippen LogP contribution is 2.49. The highest BCUT2D eigenvalue weighted by atomic mass is 35.5. The summed E-state index contributed by atoms with van der Waals surface area (Å²) in [5, 5.41) is 6.28. The molecule has 1 aliphatic rings. The van der Waals surface area contributed by atoms with Crippen molar-refractivity contribution in [2.24, 2.45) is 0 Å². The molecule has 0 radical (unpaired) electrons. The third-order valence-electron chi connectivity index (χ3n) is 5.36. The van der Waals surface area contributed by atoms with E-state index in [1.165, 1.54) is 23.6 Å². The van der Waals surface area contributed by atoms with Crippen LogP contribution in [0.2, 0.25) is 5.02 Å². The Bertz CT molecular complexity index is 1200. The van der Waals surface area contributed by atoms with Crippen molar-refractivity contribution in [3.05, 3.63) is 69.1 Å². The Kier molecular flexibility index (Phi) is 6.30. The molecule has 2 heterocycles. The number of benzene rings is 1. The minimum absolute atomic E-state index is 0.0707. The highest BCUT2D eigenvalue weighted by molar-refractivity contribution is 7.89. The molecule has 6 nitrogen and oxygen atoms in total. The standard InChI is InChI=1S/C21H22ClFN4O2S2/c1-14-12-30-19(27-14)6-10-26-31(28,29)18-4-2-3-16(22)20(18)25-13-21(7-8-21)15-5-9-24-11-17(15)23/h2-5,9,11-12,25-26H,6-8,10,13H2,1H3. The van der Waals surface area contributed by atoms with Gasteiger partial charge in [-0.15, -0.1) is 11.3 Å². The first-order valence-electron chi connectivity index (χ1n) is 9.84. The normalized spacial score (nSPS) is 15.1. The lowest BCUT2D eigenvalue weighted by Gasteiger charge is -2.20. The quantitative estimate of drug-likeness (QED) is 0.477. The highest BCUT2D eigenvalue weighted by Gasteiger charge is 2.46. The number of hydrogen-bond donors (Lipinski definition) is 2. The summed E-state index contributed by atoms with van der Waals surface area (Å²) < 4.78 is 42.8. The Morgan fingerprint density at radius 1 is 1.29 bits per heavy atom. The van der Waals surface area contributed by atoms with Crippen molar-refractivity contribution in [3.63, 3.8) is 0 Å². The summed E-state index contributed by atoms with van der Waals surface area (Å²) in [5.74, 6) is -0.354. The fourth-order valence-corrected chi connectivity index (χ4v) is 5.85. The number of hydrogen-bond acceptors (Lipinski definition) is 6. The summed E-state index contributed by atoms with van der Waals surface area (Å²) in [7, 11) is -3.80. The summed E-state index contributed by atoms with van der Waals surface area (Å²) in [6.45, 7) is 2.50. The first-order chi connectivity index (χ1) is 14.8. The lowest BCUT2D eigenvalue weighted by Crippen LogP contribution is -2.28. The van der Waals surface area contributed by atoms with E-state index in [1.54, 1.807) is 24.4 Å². The van der Waals surface area contributed by atoms with Crippen molar-refractivity contribution in [1.29, 1.82) is 0 Å². The predicted molar refractivity (Wildman–Crippen MR) is 121 cm³/mol. The molecule has 1 aliphatic carbocycles. The zero-order valence-corrected chi connectivity index (χ0v) is 19.2. The van der Waals surface area contributed by atoms with E-state index in [2.05, 4.69) is 20.0 Å². The Morgan fingerprint density at radius 3 is 2.77 bits per heavy atom. The number of para-hydroxylation sites is 1. The summed E-state index contributed by atoms with van der Waals surface area (Å²) >= 11 is 7.85. The average molecular weight is 481 g/mol. The maximum atomic E-state index is 14.3. The summed E-state index contributed by atoms with van der Waals surface area (Å²) in [6, 6.07) is 6.42. The van der Waals surface area contributed by atoms with Crippen LogP contribution in [-0.4, -0.2) is 31.5 Å². The minimum atomic E-state index is -3.80. The maximum absolute atomic E-state index is 14.3. The van der Waals surface area contributed by atoms with Crippen LogP contribution in [0.4, 0.5) is 10.1 Å². The number of rotatable bonds is 9. The number of sulfonamides is 1. The van der Waals surface area contributed by atoms with Crippen LogP contribution < -0.4 is 10.0 Å². The van der Waals surface area contributed by atoms with Crippen LogP contribution in [0, 0.1) is 12.7 Å². The Hall–Kier alpha value is -2.07. The van der Waals surface area contributed by atoms with Gasteiger partial charge in [0.15, 0.2) is 0 Å². The van der Waals surface area contributed by atoms with Crippen LogP contribution in [0.25, 0.3) is 0 Å². The summed E-state index contributed by atoms with van der Waals surface area (Å²) in [4.78, 5) is 8.23. The fourth-order valence-electron chi connectivity index (χ4n) is 3.54. The van der Waals surface area contributed by atoms with Crippen LogP contribution in [0.15, 0.2) is 46.9 Å². The minimum Gasteiger partial charge on any atom is -0.382 e. The van der Waals surface area contributed by atoms with Crippen molar-refractivity contribution in [1.82, 2.24) is 14.7 Å². The monoisotopic (exact) mass is 480 g/mol. The molecular weight excluding hydrogens is 459 g/mol. The van der Waals surface area contributed by atoms with Crippen LogP contribution in [-0.2, 0) is 21.9 Å². The maximum Gasteiger partial charge on any atom is 0.242 e. The number of nitrogens with one attached hydrogen (secondary N) is 2. The largest absolute Gasteiger partial charge is 0.382 e. The van der Waals surface area contributed by atoms with Crippen LogP contribution in [0.5, 0.6) is 0 Å². The van der Waals surface area contributed by atoms with Gasteiger partial charge in [-0.3, -0.25) is 4.98 Å². The van der Waals surface area contributed by atoms with Crippen molar-refractivity contribution in [3.8, 4) is 0 Å². The van der Waals surface area contributed by atoms with Gasteiger partial charge >= 0.3 is 0 Å². The summed E-state index contributed by atoms with van der Waals surface area (Å²) in [5.41, 5.74) is 1.44. The zero-order chi connectivity index (χ0) is 22.1. The van der Waals surface area contributed by atoms with E-state index in [4.69, 9.17) is 11.6 Å². The fraction of sp³-hybridized carbons (Fsp3) is 0.333. The molecule has 164 valence electrons. The van der Waals surface area contributed by atoms with E-state index in [1.807, 2.05) is 12.3 Å². The third kappa shape index (κ3) is 4.90. The molecule has 0 bridgehead atoms. The molecule has 31 heavy (non-hydrogen) atoms. The molecule has 10 heteroatoms. The second-order valence-corrected chi connectivity index (χ2v) is 10.7. The van der Waals surface area contributed by atoms with Crippen molar-refractivity contribution < 1.29 is 12.8 Å². The first kappa shape index (κ1) is 22.1. The zero-order valence-electron chi connectivity index (χ0n) is 16.9. The van der Waals surface area contributed by atoms with Crippen LogP contribution >= 0.6 is 22.9 Å². The van der Waals surface area contributed by atoms with E-state index in [0.29, 0.717) is 29.2 Å². The molecule has 4 rings (SSSR count). The van der Waals surface area contributed by atoms with E-state index in [-0.39, 0.29) is 22.7 Å². The molecule has 2 N–H and O–H groups in total. The van der Waals surface area contributed by atoms with Gasteiger partial charge in [0.1, 0.15) is 10.7 Å². The Balaban J connectivity index is 1.50. The number of aromatic nitrogens is 2. The Labute approximate surface area is 190 Å². The van der Waals surface area contributed by atoms with Gasteiger partial charge in [-0.2, -0.15) is 0 Å². The smallest absolute Gasteiger partial charge is 0.242 e. The summed E-state index contributed by atoms with van der Waals surface area (Å²) in [6.07, 6.45) is 4.88. The number of halogens is 2. The molecule has 0 spiro atoms. The van der Waals surface area contributed by atoms with E-state index in [9.17, 15) is 12.8 Å². The molecular formula is C21H22ClFN4O2S2. The van der Waals surface area contributed by atoms with Gasteiger partial charge in [-0.25, -0.2) is 22.5 Å². The van der Waals surface area contributed by atoms with E-state index in [0.717, 1.165) is 23.5 Å². The second kappa shape index (κ2) is 8.82. The Morgan fingerprint density at radius 2 is 2.10 bits per heavy atom. The second-order valence-electron chi connectivity index (χ2n) is 7.63. The first-order valence-corrected chi connectivity index (χ1v) is 12.6. The molecule has 1 fully saturated rings. The van der Waals surface area contributed by atoms with Gasteiger partial charge in [0.25, 0.3) is 0 Å². The van der Waals surface area contributed by atoms with Gasteiger partial charge in [-0.1, -0.05) is 17.7 Å². The molecule has 0 amide bonds. The van der Waals surface area contributed by atoms with Crippen molar-refractivity contribution in [2.45, 2.75) is 36.5 Å². The van der Waals surface area contributed by atoms with Crippen LogP contribution in [0.3, 0.4) is 0 Å². The van der Waals surface area contributed by atoms with Gasteiger partial charge in [0.2, 0.25) is 10.0 Å². The molecule has 0 unspecified atom stereocenters. The number of nitrogens with zero attached hydrogens (tertiary/aromatic N) is 2. The van der Waals surface area contributed by atoms with Gasteiger partial charge in [0, 0.05) is 42.2 Å². The molecule has 1 saturated carbocycles. The number of pyridine rings is 1. The van der Waals surface area contributed by atoms with E-state index >= 15 is 0 Å². The van der Waals surface area contributed by atoms with Gasteiger partial charge in [0.05, 0.1) is 21.9 Å². The van der Waals surface area contributed by atoms with Gasteiger partial charge < -0.3 is 5.32 Å². The number of aryl methyl sites for hydroxylation is 1. The topological polar surface area (TPSA) is 84.0 Å². The van der Waals surface area contributed by atoms with Crippen LogP contribution in [0.1, 0.15) is 29.1 Å². The number of thiazole rings is 1. The molecule has 0 aliphatic heterocycles. The molecule has 2 aromatic heterocycles. The average Bonchev–Trinajstić information content (AvgIpc) is 3.41. The van der Waals surface area contributed by atoms with Crippen molar-refractivity contribution in [2.75, 3.05) is 18.4 Å². The predicted octanol–water partition coefficient (Wildman–Crippen LogP) is 4.30. The lowest BCUT2D eigenvalue weighted by molar-refractivity contribution is 0.571. The molecule has 0 atom stereocenters. The molecule has 1 aromatic carbocycles. The molecule has 3 aromatic rings. The lowest BCUT2D eigenvalue weighted by atomic mass is 9.96. The third-order valence-corrected chi connectivity index (χ3v) is 8.21. The SMILES string of the molecule is Cc1csc(CCNS(=O)(=O)c2cccc(Cl)c2NCC2(c3ccncc3F)CC2)n1. The molecule has 0 saturated heterocycles. The van der Waals surface area contributed by atoms with Crippen molar-refractivity contribution >= 4 is 38.6 Å². The van der Waals surface area contributed by atoms with Gasteiger partial charge in [-0.05, 0) is 43.5 Å².